The lowest BCUT2D eigenvalue weighted by atomic mass is 10.0. The van der Waals surface area contributed by atoms with Crippen LogP contribution in [0.5, 0.6) is 0 Å². The van der Waals surface area contributed by atoms with Crippen molar-refractivity contribution in [2.45, 2.75) is 25.9 Å². The Morgan fingerprint density at radius 1 is 1.03 bits per heavy atom. The molecule has 0 N–H and O–H groups in total. The second-order valence-corrected chi connectivity index (χ2v) is 8.87. The zero-order valence-electron chi connectivity index (χ0n) is 17.8. The fourth-order valence-corrected chi connectivity index (χ4v) is 4.88. The lowest BCUT2D eigenvalue weighted by Crippen LogP contribution is -2.42. The standard InChI is InChI=1S/C23H25N5O3S/c29-22(20-14-24-16-32-20)27-8-7-19-18(15-27)21(23(30)26-10-12-31-13-11-26)25-28(19)9-6-17-4-2-1-3-5-17/h1-5,14,16H,6-13,15H2. The van der Waals surface area contributed by atoms with E-state index >= 15 is 0 Å². The van der Waals surface area contributed by atoms with E-state index < -0.39 is 0 Å². The molecule has 0 unspecified atom stereocenters. The van der Waals surface area contributed by atoms with Crippen LogP contribution >= 0.6 is 11.3 Å². The number of carbonyl (C=O) groups is 2. The van der Waals surface area contributed by atoms with Gasteiger partial charge in [-0.2, -0.15) is 5.10 Å². The Morgan fingerprint density at radius 3 is 2.59 bits per heavy atom. The lowest BCUT2D eigenvalue weighted by molar-refractivity contribution is 0.0296. The summed E-state index contributed by atoms with van der Waals surface area (Å²) < 4.78 is 7.38. The molecule has 0 atom stereocenters. The van der Waals surface area contributed by atoms with Gasteiger partial charge in [-0.25, -0.2) is 0 Å². The van der Waals surface area contributed by atoms with Crippen LogP contribution in [-0.4, -0.2) is 69.2 Å². The number of fused-ring (bicyclic) bond motifs is 1. The Hall–Kier alpha value is -3.04. The molecule has 0 spiro atoms. The van der Waals surface area contributed by atoms with Crippen molar-refractivity contribution >= 4 is 23.2 Å². The topological polar surface area (TPSA) is 80.6 Å². The van der Waals surface area contributed by atoms with Crippen molar-refractivity contribution in [3.63, 3.8) is 0 Å². The van der Waals surface area contributed by atoms with Crippen molar-refractivity contribution in [1.82, 2.24) is 24.6 Å². The molecule has 32 heavy (non-hydrogen) atoms. The SMILES string of the molecule is O=C(c1cncs1)N1CCc2c(c(C(=O)N3CCOCC3)nn2CCc2ccccc2)C1. The number of thiazole rings is 1. The molecule has 5 rings (SSSR count). The summed E-state index contributed by atoms with van der Waals surface area (Å²) >= 11 is 1.34. The van der Waals surface area contributed by atoms with E-state index in [1.165, 1.54) is 16.9 Å². The normalized spacial score (nSPS) is 16.1. The number of nitrogens with zero attached hydrogens (tertiary/aromatic N) is 5. The molecule has 0 bridgehead atoms. The summed E-state index contributed by atoms with van der Waals surface area (Å²) in [5, 5.41) is 4.78. The van der Waals surface area contributed by atoms with Gasteiger partial charge in [-0.1, -0.05) is 30.3 Å². The predicted molar refractivity (Wildman–Crippen MR) is 120 cm³/mol. The molecule has 1 fully saturated rings. The molecule has 166 valence electrons. The van der Waals surface area contributed by atoms with Gasteiger partial charge in [0, 0.05) is 43.9 Å². The van der Waals surface area contributed by atoms with Gasteiger partial charge < -0.3 is 14.5 Å². The zero-order valence-corrected chi connectivity index (χ0v) is 18.6. The predicted octanol–water partition coefficient (Wildman–Crippen LogP) is 2.25. The number of ether oxygens (including phenoxy) is 1. The Kier molecular flexibility index (Phi) is 6.00. The molecule has 2 amide bonds. The zero-order chi connectivity index (χ0) is 21.9. The molecular formula is C23H25N5O3S. The molecule has 0 aliphatic carbocycles. The number of amides is 2. The number of aryl methyl sites for hydroxylation is 2. The van der Waals surface area contributed by atoms with Crippen LogP contribution in [0, 0.1) is 0 Å². The minimum Gasteiger partial charge on any atom is -0.378 e. The van der Waals surface area contributed by atoms with Gasteiger partial charge in [0.1, 0.15) is 4.88 Å². The minimum atomic E-state index is -0.0740. The van der Waals surface area contributed by atoms with Crippen molar-refractivity contribution in [2.24, 2.45) is 0 Å². The Labute approximate surface area is 190 Å². The molecule has 8 nitrogen and oxygen atoms in total. The third-order valence-corrected chi connectivity index (χ3v) is 6.78. The van der Waals surface area contributed by atoms with Crippen molar-refractivity contribution in [3.8, 4) is 0 Å². The monoisotopic (exact) mass is 451 g/mol. The van der Waals surface area contributed by atoms with Gasteiger partial charge in [0.2, 0.25) is 0 Å². The summed E-state index contributed by atoms with van der Waals surface area (Å²) in [6.07, 6.45) is 3.12. The third kappa shape index (κ3) is 4.18. The highest BCUT2D eigenvalue weighted by molar-refractivity contribution is 7.11. The highest BCUT2D eigenvalue weighted by atomic mass is 32.1. The third-order valence-electron chi connectivity index (χ3n) is 6.02. The molecule has 9 heteroatoms. The number of benzene rings is 1. The Balaban J connectivity index is 1.43. The molecule has 1 saturated heterocycles. The molecular weight excluding hydrogens is 426 g/mol. The lowest BCUT2D eigenvalue weighted by Gasteiger charge is -2.29. The number of hydrogen-bond donors (Lipinski definition) is 0. The maximum atomic E-state index is 13.3. The van der Waals surface area contributed by atoms with Crippen molar-refractivity contribution in [2.75, 3.05) is 32.8 Å². The first-order chi connectivity index (χ1) is 15.7. The van der Waals surface area contributed by atoms with Gasteiger partial charge >= 0.3 is 0 Å². The molecule has 2 aliphatic rings. The maximum Gasteiger partial charge on any atom is 0.274 e. The molecule has 0 radical (unpaired) electrons. The number of rotatable bonds is 5. The fourth-order valence-electron chi connectivity index (χ4n) is 4.29. The van der Waals surface area contributed by atoms with E-state index in [1.54, 1.807) is 21.5 Å². The van der Waals surface area contributed by atoms with Crippen LogP contribution in [0.1, 0.15) is 37.0 Å². The van der Waals surface area contributed by atoms with Gasteiger partial charge in [0.25, 0.3) is 11.8 Å². The van der Waals surface area contributed by atoms with E-state index in [4.69, 9.17) is 9.84 Å². The highest BCUT2D eigenvalue weighted by Crippen LogP contribution is 2.26. The number of hydrogen-bond acceptors (Lipinski definition) is 6. The second kappa shape index (κ2) is 9.22. The van der Waals surface area contributed by atoms with Crippen LogP contribution in [0.15, 0.2) is 42.0 Å². The van der Waals surface area contributed by atoms with Crippen LogP contribution in [0.25, 0.3) is 0 Å². The summed E-state index contributed by atoms with van der Waals surface area (Å²) in [7, 11) is 0. The van der Waals surface area contributed by atoms with E-state index in [9.17, 15) is 9.59 Å². The molecule has 2 aromatic heterocycles. The fraction of sp³-hybridized carbons (Fsp3) is 0.391. The summed E-state index contributed by atoms with van der Waals surface area (Å²) in [5.41, 5.74) is 5.30. The second-order valence-electron chi connectivity index (χ2n) is 7.98. The largest absolute Gasteiger partial charge is 0.378 e. The van der Waals surface area contributed by atoms with Crippen LogP contribution in [-0.2, 0) is 30.7 Å². The van der Waals surface area contributed by atoms with Gasteiger partial charge in [0.15, 0.2) is 5.69 Å². The first-order valence-corrected chi connectivity index (χ1v) is 11.8. The van der Waals surface area contributed by atoms with Crippen molar-refractivity contribution in [1.29, 1.82) is 0 Å². The Bertz CT molecular complexity index is 1090. The average Bonchev–Trinajstić information content (AvgIpc) is 3.51. The van der Waals surface area contributed by atoms with Crippen molar-refractivity contribution in [3.05, 3.63) is 69.4 Å². The first kappa shape index (κ1) is 20.8. The van der Waals surface area contributed by atoms with E-state index in [-0.39, 0.29) is 11.8 Å². The summed E-state index contributed by atoms with van der Waals surface area (Å²) in [6.45, 7) is 3.90. The van der Waals surface area contributed by atoms with E-state index in [0.717, 1.165) is 17.7 Å². The van der Waals surface area contributed by atoms with Gasteiger partial charge in [0.05, 0.1) is 31.5 Å². The summed E-state index contributed by atoms with van der Waals surface area (Å²) in [4.78, 5) is 34.5. The first-order valence-electron chi connectivity index (χ1n) is 10.9. The molecule has 4 heterocycles. The molecule has 3 aromatic rings. The number of carbonyl (C=O) groups excluding carboxylic acids is 2. The smallest absolute Gasteiger partial charge is 0.274 e. The highest BCUT2D eigenvalue weighted by Gasteiger charge is 2.32. The molecule has 0 saturated carbocycles. The van der Waals surface area contributed by atoms with E-state index in [2.05, 4.69) is 17.1 Å². The molecule has 2 aliphatic heterocycles. The van der Waals surface area contributed by atoms with Crippen LogP contribution in [0.2, 0.25) is 0 Å². The molecule has 1 aromatic carbocycles. The maximum absolute atomic E-state index is 13.3. The van der Waals surface area contributed by atoms with Gasteiger partial charge in [-0.3, -0.25) is 19.3 Å². The number of aromatic nitrogens is 3. The summed E-state index contributed by atoms with van der Waals surface area (Å²) in [6, 6.07) is 10.3. The van der Waals surface area contributed by atoms with Crippen molar-refractivity contribution < 1.29 is 14.3 Å². The summed E-state index contributed by atoms with van der Waals surface area (Å²) in [5.74, 6) is -0.116. The van der Waals surface area contributed by atoms with Gasteiger partial charge in [-0.05, 0) is 12.0 Å². The van der Waals surface area contributed by atoms with E-state index in [0.29, 0.717) is 62.9 Å². The number of morpholine rings is 1. The van der Waals surface area contributed by atoms with E-state index in [1.807, 2.05) is 22.9 Å². The Morgan fingerprint density at radius 2 is 1.84 bits per heavy atom. The average molecular weight is 452 g/mol. The van der Waals surface area contributed by atoms with Gasteiger partial charge in [-0.15, -0.1) is 11.3 Å². The quantitative estimate of drug-likeness (QED) is 0.595. The van der Waals surface area contributed by atoms with Crippen LogP contribution in [0.4, 0.5) is 0 Å². The van der Waals surface area contributed by atoms with Crippen LogP contribution < -0.4 is 0 Å². The minimum absolute atomic E-state index is 0.0417. The van der Waals surface area contributed by atoms with Crippen LogP contribution in [0.3, 0.4) is 0 Å².